The van der Waals surface area contributed by atoms with Gasteiger partial charge in [0.05, 0.1) is 51.2 Å². The molecule has 4 amide bonds. The summed E-state index contributed by atoms with van der Waals surface area (Å²) in [6.07, 6.45) is 10.1. The second-order valence-corrected chi connectivity index (χ2v) is 26.3. The van der Waals surface area contributed by atoms with Crippen LogP contribution in [0, 0.1) is 70.0 Å². The summed E-state index contributed by atoms with van der Waals surface area (Å²) in [6, 6.07) is 36.3. The van der Waals surface area contributed by atoms with Crippen LogP contribution in [0.3, 0.4) is 0 Å². The van der Waals surface area contributed by atoms with Gasteiger partial charge in [0.1, 0.15) is 29.7 Å². The minimum atomic E-state index is -1.10. The fourth-order valence-corrected chi connectivity index (χ4v) is 13.1. The van der Waals surface area contributed by atoms with Crippen molar-refractivity contribution in [3.8, 4) is 34.4 Å². The molecular formula is C78H88BFN10NaO13. The van der Waals surface area contributed by atoms with Gasteiger partial charge in [-0.2, -0.15) is 10.5 Å². The van der Waals surface area contributed by atoms with Gasteiger partial charge in [0, 0.05) is 107 Å². The second-order valence-electron chi connectivity index (χ2n) is 26.3. The molecule has 7 aromatic rings. The summed E-state index contributed by atoms with van der Waals surface area (Å²) in [7, 11) is 4.32. The molecule has 3 radical (unpaired) electrons. The Morgan fingerprint density at radius 3 is 1.50 bits per heavy atom. The fraction of sp³-hybridized carbons (Fsp3) is 0.410. The average molecular weight is 1430 g/mol. The van der Waals surface area contributed by atoms with E-state index in [1.54, 1.807) is 0 Å². The monoisotopic (exact) mass is 1430 g/mol. The van der Waals surface area contributed by atoms with Crippen LogP contribution in [0.15, 0.2) is 106 Å². The van der Waals surface area contributed by atoms with E-state index in [1.807, 2.05) is 32.6 Å². The normalized spacial score (nSPS) is 15.7. The number of carbonyl (C=O) groups is 8. The molecule has 5 aromatic carbocycles. The van der Waals surface area contributed by atoms with Gasteiger partial charge in [-0.15, -0.1) is 0 Å². The number of piperazine rings is 1. The molecule has 2 aliphatic carbocycles. The SMILES string of the molecule is C.CC(=O)OOC(C)=O.Cc1ccc(-c2c(C)noc2C)cc1N(CCCCC=O)c1ccc(C2(C#N)CC2)cc1.Cc1ccc(-c2c(C)noc2C)cc1N(CCCCCN1CCN(c2cc3c(cc2F)C(=O)N(C2CCC(=O)NC2=O)C3=O)CC1)c1ccc(C2(C#N)CC2)cc1.[B-]OC(C)=O.[Na+]. The van der Waals surface area contributed by atoms with Gasteiger partial charge in [-0.25, -0.2) is 23.8 Å². The third-order valence-electron chi connectivity index (χ3n) is 19.0. The molecule has 23 nitrogen and oxygen atoms in total. The Balaban J connectivity index is 0.000000270. The van der Waals surface area contributed by atoms with Crippen molar-refractivity contribution in [2.24, 2.45) is 0 Å². The number of rotatable bonds is 21. The number of benzene rings is 5. The molecule has 1 unspecified atom stereocenters. The number of amides is 4. The molecule has 26 heteroatoms. The van der Waals surface area contributed by atoms with Crippen LogP contribution in [0.25, 0.3) is 22.3 Å². The van der Waals surface area contributed by atoms with Crippen LogP contribution in [0.4, 0.5) is 32.8 Å². The molecule has 5 heterocycles. The summed E-state index contributed by atoms with van der Waals surface area (Å²) in [6.45, 7) is 20.7. The Kier molecular flexibility index (Phi) is 28.7. The number of nitrogens with one attached hydrogen (secondary N) is 1. The average Bonchev–Trinajstić information content (AvgIpc) is 1.59. The van der Waals surface area contributed by atoms with Gasteiger partial charge in [-0.1, -0.05) is 72.7 Å². The van der Waals surface area contributed by atoms with E-state index in [0.29, 0.717) is 19.5 Å². The Bertz CT molecular complexity index is 4310. The van der Waals surface area contributed by atoms with E-state index in [-0.39, 0.29) is 77.5 Å². The van der Waals surface area contributed by atoms with Gasteiger partial charge in [0.2, 0.25) is 17.8 Å². The van der Waals surface area contributed by atoms with E-state index in [2.05, 4.69) is 164 Å². The standard InChI is InChI=1S/C44H46FN7O5.C27H29N3O2.C4H6O4.C2H3BO2.CH4.Na/c1-27-7-8-30(40-28(2)48-57-29(40)3)23-37(27)51(32-11-9-31(10-12-32)44(26-46)15-16-44)18-6-4-5-17-49-19-21-50(22-20-49)38-25-34-33(24-35(38)45)42(55)52(43(34)56)36-13-14-39(53)47-41(36)54;1-19-7-8-22(26-20(2)29-32-21(26)3)17-25(19)30(15-5-4-6-16-31)24-11-9-23(10-12-24)27(18-28)13-14-27;1-3(5)7-8-4(2)6;1-2(4)5-3;;/h7-12,23-25,36H,4-6,13-22H2,1-3H3,(H,47,53,54);7-12,16-17H,4-6,13-15H2,1-3H3;1-2H3;1H3;1H4;/q;;;-1;;+1. The van der Waals surface area contributed by atoms with Crippen LogP contribution in [-0.4, -0.2) is 128 Å². The van der Waals surface area contributed by atoms with Gasteiger partial charge in [0.15, 0.2) is 0 Å². The van der Waals surface area contributed by atoms with Crippen LogP contribution in [0.5, 0.6) is 0 Å². The zero-order valence-corrected chi connectivity index (χ0v) is 62.1. The summed E-state index contributed by atoms with van der Waals surface area (Å²) < 4.78 is 30.0. The van der Waals surface area contributed by atoms with E-state index in [1.165, 1.54) is 18.6 Å². The number of carbonyl (C=O) groups excluding carboxylic acids is 8. The van der Waals surface area contributed by atoms with E-state index in [0.717, 1.165) is 206 Å². The third-order valence-corrected chi connectivity index (χ3v) is 19.0. The first-order valence-electron chi connectivity index (χ1n) is 34.2. The molecule has 1 atom stereocenters. The minimum Gasteiger partial charge on any atom is -0.793 e. The van der Waals surface area contributed by atoms with Gasteiger partial charge < -0.3 is 41.2 Å². The Labute approximate surface area is 629 Å². The zero-order valence-electron chi connectivity index (χ0n) is 60.1. The minimum absolute atomic E-state index is 0. The van der Waals surface area contributed by atoms with Crippen molar-refractivity contribution in [3.63, 3.8) is 0 Å². The quantitative estimate of drug-likeness (QED) is 0.0175. The van der Waals surface area contributed by atoms with Crippen LogP contribution in [0.1, 0.15) is 171 Å². The smallest absolute Gasteiger partial charge is 0.793 e. The molecule has 539 valence electrons. The number of aromatic nitrogens is 2. The predicted molar refractivity (Wildman–Crippen MR) is 386 cm³/mol. The third kappa shape index (κ3) is 19.5. The molecule has 1 N–H and O–H groups in total. The van der Waals surface area contributed by atoms with Crippen molar-refractivity contribution in [1.29, 1.82) is 10.5 Å². The molecular weight excluding hydrogens is 1340 g/mol. The van der Waals surface area contributed by atoms with Crippen LogP contribution in [0.2, 0.25) is 0 Å². The number of unbranched alkanes of at least 4 members (excludes halogenated alkanes) is 4. The van der Waals surface area contributed by atoms with Crippen LogP contribution in [-0.2, 0) is 54.0 Å². The summed E-state index contributed by atoms with van der Waals surface area (Å²) in [5.41, 5.74) is 14.5. The van der Waals surface area contributed by atoms with E-state index in [9.17, 15) is 48.9 Å². The molecule has 2 saturated carbocycles. The van der Waals surface area contributed by atoms with Crippen LogP contribution < -0.4 is 49.6 Å². The van der Waals surface area contributed by atoms with Crippen molar-refractivity contribution >= 4 is 84.3 Å². The van der Waals surface area contributed by atoms with E-state index >= 15 is 4.39 Å². The predicted octanol–water partition coefficient (Wildman–Crippen LogP) is 10.1. The van der Waals surface area contributed by atoms with Crippen molar-refractivity contribution in [2.45, 2.75) is 164 Å². The Morgan fingerprint density at radius 1 is 0.654 bits per heavy atom. The summed E-state index contributed by atoms with van der Waals surface area (Å²) in [5, 5.41) is 29.8. The number of aldehydes is 1. The second kappa shape index (κ2) is 36.6. The zero-order chi connectivity index (χ0) is 73.6. The number of nitrogens with zero attached hydrogens (tertiary/aromatic N) is 9. The van der Waals surface area contributed by atoms with Crippen molar-refractivity contribution in [1.82, 2.24) is 25.4 Å². The Morgan fingerprint density at radius 2 is 1.11 bits per heavy atom. The van der Waals surface area contributed by atoms with Gasteiger partial charge in [0.25, 0.3) is 11.8 Å². The van der Waals surface area contributed by atoms with Gasteiger partial charge in [-0.3, -0.25) is 39.1 Å². The van der Waals surface area contributed by atoms with Crippen molar-refractivity contribution in [2.75, 3.05) is 60.5 Å². The summed E-state index contributed by atoms with van der Waals surface area (Å²) >= 11 is 0. The molecule has 2 aromatic heterocycles. The summed E-state index contributed by atoms with van der Waals surface area (Å²) in [5.74, 6) is -3.24. The number of hydrogen-bond acceptors (Lipinski definition) is 21. The maximum atomic E-state index is 15.5. The maximum Gasteiger partial charge on any atom is 1.00 e. The number of anilines is 5. The number of nitriles is 2. The topological polar surface area (TPSA) is 292 Å². The number of aryl methyl sites for hydroxylation is 6. The van der Waals surface area contributed by atoms with Crippen LogP contribution >= 0.6 is 0 Å². The molecule has 0 bridgehead atoms. The van der Waals surface area contributed by atoms with E-state index in [4.69, 9.17) is 9.05 Å². The fourth-order valence-electron chi connectivity index (χ4n) is 13.1. The molecule has 0 spiro atoms. The van der Waals surface area contributed by atoms with Gasteiger partial charge >= 0.3 is 41.5 Å². The number of imide groups is 2. The van der Waals surface area contributed by atoms with Gasteiger partial charge in [-0.05, 0) is 188 Å². The first-order chi connectivity index (χ1) is 48.9. The maximum absolute atomic E-state index is 15.5. The molecule has 5 aliphatic rings. The van der Waals surface area contributed by atoms with Crippen molar-refractivity contribution < 1.29 is 95.8 Å². The number of hydrogen-bond donors (Lipinski definition) is 1. The molecule has 12 rings (SSSR count). The Hall–Kier alpha value is -9.79. The molecule has 104 heavy (non-hydrogen) atoms. The first-order valence-corrected chi connectivity index (χ1v) is 34.2. The molecule has 3 aliphatic heterocycles. The molecule has 4 fully saturated rings. The summed E-state index contributed by atoms with van der Waals surface area (Å²) in [4.78, 5) is 108. The van der Waals surface area contributed by atoms with Crippen molar-refractivity contribution in [3.05, 3.63) is 159 Å². The number of halogens is 1. The number of piperidine rings is 1. The molecule has 2 saturated heterocycles. The largest absolute Gasteiger partial charge is 1.00 e. The number of fused-ring (bicyclic) bond motifs is 1. The van der Waals surface area contributed by atoms with E-state index < -0.39 is 53.4 Å². The first kappa shape index (κ1) is 81.5.